The number of aliphatic hydroxyl groups excluding tert-OH is 1. The number of hydrogen-bond acceptors (Lipinski definition) is 4. The van der Waals surface area contributed by atoms with Crippen LogP contribution >= 0.6 is 0 Å². The van der Waals surface area contributed by atoms with Crippen LogP contribution in [0.1, 0.15) is 25.1 Å². The van der Waals surface area contributed by atoms with Crippen LogP contribution in [0, 0.1) is 0 Å². The summed E-state index contributed by atoms with van der Waals surface area (Å²) in [6, 6.07) is 4.30. The van der Waals surface area contributed by atoms with E-state index in [4.69, 9.17) is 4.74 Å². The molecule has 1 aromatic heterocycles. The van der Waals surface area contributed by atoms with E-state index in [2.05, 4.69) is 16.9 Å². The topological polar surface area (TPSA) is 45.6 Å². The molecule has 1 unspecified atom stereocenters. The van der Waals surface area contributed by atoms with Crippen molar-refractivity contribution in [3.05, 3.63) is 24.0 Å². The van der Waals surface area contributed by atoms with E-state index in [-0.39, 0.29) is 0 Å². The number of pyridine rings is 1. The number of aliphatic hydroxyl groups is 1. The average Bonchev–Trinajstić information content (AvgIpc) is 2.81. The summed E-state index contributed by atoms with van der Waals surface area (Å²) in [4.78, 5) is 6.42. The van der Waals surface area contributed by atoms with Gasteiger partial charge in [-0.05, 0) is 25.5 Å². The summed E-state index contributed by atoms with van der Waals surface area (Å²) in [6.45, 7) is 3.35. The molecule has 2 rings (SSSR count). The lowest BCUT2D eigenvalue weighted by molar-refractivity contribution is 0.193. The van der Waals surface area contributed by atoms with E-state index in [1.165, 1.54) is 0 Å². The van der Waals surface area contributed by atoms with E-state index in [0.29, 0.717) is 11.7 Å². The average molecular weight is 222 g/mol. The molecule has 1 aliphatic heterocycles. The maximum absolute atomic E-state index is 9.37. The number of rotatable bonds is 3. The lowest BCUT2D eigenvalue weighted by Gasteiger charge is -2.25. The number of anilines is 1. The minimum atomic E-state index is -0.505. The van der Waals surface area contributed by atoms with Gasteiger partial charge in [0, 0.05) is 13.7 Å². The first-order valence-corrected chi connectivity index (χ1v) is 5.63. The SMILES string of the molecule is C[C@H](O)c1ccc(N(C)C2CCOC2)cn1. The molecule has 1 N–H and O–H groups in total. The fraction of sp³-hybridized carbons (Fsp3) is 0.583. The maximum Gasteiger partial charge on any atom is 0.0931 e. The molecule has 2 atom stereocenters. The van der Waals surface area contributed by atoms with Crippen molar-refractivity contribution in [3.8, 4) is 0 Å². The van der Waals surface area contributed by atoms with Gasteiger partial charge in [-0.1, -0.05) is 0 Å². The van der Waals surface area contributed by atoms with Crippen LogP contribution in [0.15, 0.2) is 18.3 Å². The monoisotopic (exact) mass is 222 g/mol. The third kappa shape index (κ3) is 2.33. The zero-order valence-electron chi connectivity index (χ0n) is 9.76. The van der Waals surface area contributed by atoms with Gasteiger partial charge in [-0.15, -0.1) is 0 Å². The second kappa shape index (κ2) is 4.80. The summed E-state index contributed by atoms with van der Waals surface area (Å²) in [6.07, 6.45) is 2.36. The molecule has 2 heterocycles. The predicted octanol–water partition coefficient (Wildman–Crippen LogP) is 1.36. The Morgan fingerprint density at radius 2 is 2.38 bits per heavy atom. The van der Waals surface area contributed by atoms with Gasteiger partial charge in [0.1, 0.15) is 0 Å². The standard InChI is InChI=1S/C12H18N2O2/c1-9(15)12-4-3-10(7-13-12)14(2)11-5-6-16-8-11/h3-4,7,9,11,15H,5-6,8H2,1-2H3/t9-,11?/m0/s1. The molecule has 0 spiro atoms. The van der Waals surface area contributed by atoms with Gasteiger partial charge in [-0.3, -0.25) is 4.98 Å². The van der Waals surface area contributed by atoms with Crippen molar-refractivity contribution in [2.24, 2.45) is 0 Å². The van der Waals surface area contributed by atoms with Crippen molar-refractivity contribution in [3.63, 3.8) is 0 Å². The van der Waals surface area contributed by atoms with Crippen LogP contribution in [0.25, 0.3) is 0 Å². The van der Waals surface area contributed by atoms with Crippen LogP contribution in [-0.4, -0.2) is 36.4 Å². The van der Waals surface area contributed by atoms with Gasteiger partial charge in [-0.25, -0.2) is 0 Å². The van der Waals surface area contributed by atoms with Crippen LogP contribution in [0.5, 0.6) is 0 Å². The third-order valence-electron chi connectivity index (χ3n) is 3.06. The second-order valence-corrected chi connectivity index (χ2v) is 4.25. The molecule has 88 valence electrons. The highest BCUT2D eigenvalue weighted by Gasteiger charge is 2.20. The Morgan fingerprint density at radius 3 is 2.88 bits per heavy atom. The Labute approximate surface area is 95.9 Å². The van der Waals surface area contributed by atoms with Crippen LogP contribution in [0.2, 0.25) is 0 Å². The maximum atomic E-state index is 9.37. The Morgan fingerprint density at radius 1 is 1.56 bits per heavy atom. The van der Waals surface area contributed by atoms with Gasteiger partial charge in [0.25, 0.3) is 0 Å². The fourth-order valence-electron chi connectivity index (χ4n) is 1.89. The Hall–Kier alpha value is -1.13. The molecule has 0 radical (unpaired) electrons. The summed E-state index contributed by atoms with van der Waals surface area (Å²) >= 11 is 0. The van der Waals surface area contributed by atoms with Gasteiger partial charge >= 0.3 is 0 Å². The Balaban J connectivity index is 2.08. The molecule has 4 nitrogen and oxygen atoms in total. The van der Waals surface area contributed by atoms with Gasteiger partial charge in [-0.2, -0.15) is 0 Å². The molecule has 16 heavy (non-hydrogen) atoms. The van der Waals surface area contributed by atoms with Crippen molar-refractivity contribution < 1.29 is 9.84 Å². The van der Waals surface area contributed by atoms with Gasteiger partial charge < -0.3 is 14.7 Å². The normalized spacial score (nSPS) is 22.1. The molecule has 1 aromatic rings. The number of likely N-dealkylation sites (N-methyl/N-ethyl adjacent to an activating group) is 1. The second-order valence-electron chi connectivity index (χ2n) is 4.25. The van der Waals surface area contributed by atoms with E-state index in [0.717, 1.165) is 25.3 Å². The summed E-state index contributed by atoms with van der Waals surface area (Å²) < 4.78 is 5.36. The predicted molar refractivity (Wildman–Crippen MR) is 62.5 cm³/mol. The lowest BCUT2D eigenvalue weighted by atomic mass is 10.2. The number of hydrogen-bond donors (Lipinski definition) is 1. The number of nitrogens with zero attached hydrogens (tertiary/aromatic N) is 2. The van der Waals surface area contributed by atoms with Crippen LogP contribution < -0.4 is 4.90 Å². The Bertz CT molecular complexity index is 331. The molecule has 0 aliphatic carbocycles. The van der Waals surface area contributed by atoms with E-state index in [9.17, 15) is 5.11 Å². The zero-order valence-corrected chi connectivity index (χ0v) is 9.76. The minimum Gasteiger partial charge on any atom is -0.387 e. The van der Waals surface area contributed by atoms with Crippen molar-refractivity contribution in [1.82, 2.24) is 4.98 Å². The molecule has 4 heteroatoms. The fourth-order valence-corrected chi connectivity index (χ4v) is 1.89. The first-order valence-electron chi connectivity index (χ1n) is 5.63. The molecule has 0 bridgehead atoms. The largest absolute Gasteiger partial charge is 0.387 e. The van der Waals surface area contributed by atoms with E-state index < -0.39 is 6.10 Å². The smallest absolute Gasteiger partial charge is 0.0931 e. The molecular formula is C12H18N2O2. The first kappa shape index (κ1) is 11.4. The molecule has 0 amide bonds. The van der Waals surface area contributed by atoms with Gasteiger partial charge in [0.2, 0.25) is 0 Å². The third-order valence-corrected chi connectivity index (χ3v) is 3.06. The van der Waals surface area contributed by atoms with Crippen LogP contribution in [0.4, 0.5) is 5.69 Å². The lowest BCUT2D eigenvalue weighted by Crippen LogP contribution is -2.31. The van der Waals surface area contributed by atoms with Crippen LogP contribution in [-0.2, 0) is 4.74 Å². The van der Waals surface area contributed by atoms with Crippen LogP contribution in [0.3, 0.4) is 0 Å². The highest BCUT2D eigenvalue weighted by atomic mass is 16.5. The minimum absolute atomic E-state index is 0.444. The zero-order chi connectivity index (χ0) is 11.5. The van der Waals surface area contributed by atoms with Crippen molar-refractivity contribution in [1.29, 1.82) is 0 Å². The highest BCUT2D eigenvalue weighted by Crippen LogP contribution is 2.20. The molecule has 0 aromatic carbocycles. The van der Waals surface area contributed by atoms with Crippen molar-refractivity contribution in [2.75, 3.05) is 25.2 Å². The number of aromatic nitrogens is 1. The summed E-state index contributed by atoms with van der Waals surface area (Å²) in [7, 11) is 2.05. The van der Waals surface area contributed by atoms with E-state index in [1.807, 2.05) is 12.1 Å². The van der Waals surface area contributed by atoms with Crippen molar-refractivity contribution >= 4 is 5.69 Å². The van der Waals surface area contributed by atoms with Crippen molar-refractivity contribution in [2.45, 2.75) is 25.5 Å². The van der Waals surface area contributed by atoms with E-state index in [1.54, 1.807) is 13.1 Å². The number of ether oxygens (including phenoxy) is 1. The molecule has 1 saturated heterocycles. The summed E-state index contributed by atoms with van der Waals surface area (Å²) in [5, 5.41) is 9.37. The van der Waals surface area contributed by atoms with Gasteiger partial charge in [0.05, 0.1) is 36.3 Å². The Kier molecular flexibility index (Phi) is 3.41. The quantitative estimate of drug-likeness (QED) is 0.838. The molecule has 0 saturated carbocycles. The molecule has 1 aliphatic rings. The summed E-state index contributed by atoms with van der Waals surface area (Å²) in [5.41, 5.74) is 1.78. The molecular weight excluding hydrogens is 204 g/mol. The highest BCUT2D eigenvalue weighted by molar-refractivity contribution is 5.45. The van der Waals surface area contributed by atoms with E-state index >= 15 is 0 Å². The molecule has 1 fully saturated rings. The summed E-state index contributed by atoms with van der Waals surface area (Å²) in [5.74, 6) is 0. The van der Waals surface area contributed by atoms with Gasteiger partial charge in [0.15, 0.2) is 0 Å². The first-order chi connectivity index (χ1) is 7.68.